The van der Waals surface area contributed by atoms with Crippen LogP contribution in [0.4, 0.5) is 0 Å². The fourth-order valence-electron chi connectivity index (χ4n) is 3.52. The van der Waals surface area contributed by atoms with E-state index in [1.165, 1.54) is 6.07 Å². The highest BCUT2D eigenvalue weighted by Gasteiger charge is 2.30. The summed E-state index contributed by atoms with van der Waals surface area (Å²) in [4.78, 5) is 24.9. The predicted molar refractivity (Wildman–Crippen MR) is 97.2 cm³/mol. The minimum Gasteiger partial charge on any atom is -0.506 e. The molecule has 1 unspecified atom stereocenters. The molecule has 4 rings (SSSR count). The standard InChI is InChI=1S/C21H18O5/c1-11-8-15(22)19-17(25-11)10-16-18(20(19)23)12(2)14(21(24)26-16)9-13-6-4-3-5-7-13/h3-7,10-11,23H,8-9H2,1-2H3. The highest BCUT2D eigenvalue weighted by atomic mass is 16.5. The number of carbonyl (C=O) groups excluding carboxylic acids is 1. The van der Waals surface area contributed by atoms with Crippen LogP contribution in [-0.2, 0) is 6.42 Å². The third-order valence-corrected chi connectivity index (χ3v) is 4.81. The Balaban J connectivity index is 1.95. The summed E-state index contributed by atoms with van der Waals surface area (Å²) in [5, 5.41) is 11.1. The maximum Gasteiger partial charge on any atom is 0.340 e. The lowest BCUT2D eigenvalue weighted by Gasteiger charge is -2.24. The Morgan fingerprint density at radius 3 is 2.65 bits per heavy atom. The summed E-state index contributed by atoms with van der Waals surface area (Å²) in [6, 6.07) is 11.1. The summed E-state index contributed by atoms with van der Waals surface area (Å²) in [6.45, 7) is 3.55. The van der Waals surface area contributed by atoms with Gasteiger partial charge in [-0.25, -0.2) is 4.79 Å². The molecule has 0 spiro atoms. The lowest BCUT2D eigenvalue weighted by atomic mass is 9.94. The van der Waals surface area contributed by atoms with Gasteiger partial charge in [0.15, 0.2) is 5.78 Å². The monoisotopic (exact) mass is 350 g/mol. The maximum atomic E-state index is 12.5. The van der Waals surface area contributed by atoms with Crippen molar-refractivity contribution in [1.29, 1.82) is 0 Å². The summed E-state index contributed by atoms with van der Waals surface area (Å²) in [5.41, 5.74) is 1.99. The second-order valence-electron chi connectivity index (χ2n) is 6.68. The van der Waals surface area contributed by atoms with E-state index in [2.05, 4.69) is 0 Å². The van der Waals surface area contributed by atoms with Gasteiger partial charge in [-0.2, -0.15) is 0 Å². The number of ether oxygens (including phenoxy) is 1. The first-order valence-electron chi connectivity index (χ1n) is 8.51. The minimum atomic E-state index is -0.451. The first kappa shape index (κ1) is 16.4. The van der Waals surface area contributed by atoms with Gasteiger partial charge in [-0.1, -0.05) is 30.3 Å². The van der Waals surface area contributed by atoms with Crippen molar-refractivity contribution in [2.75, 3.05) is 0 Å². The van der Waals surface area contributed by atoms with Crippen LogP contribution < -0.4 is 10.4 Å². The fraction of sp³-hybridized carbons (Fsp3) is 0.238. The Labute approximate surface area is 149 Å². The van der Waals surface area contributed by atoms with E-state index in [0.29, 0.717) is 22.9 Å². The zero-order valence-electron chi connectivity index (χ0n) is 14.5. The normalized spacial score (nSPS) is 16.4. The van der Waals surface area contributed by atoms with Crippen LogP contribution in [0.15, 0.2) is 45.6 Å². The fourth-order valence-corrected chi connectivity index (χ4v) is 3.52. The minimum absolute atomic E-state index is 0.165. The topological polar surface area (TPSA) is 76.7 Å². The van der Waals surface area contributed by atoms with Crippen LogP contribution in [0.5, 0.6) is 11.5 Å². The van der Waals surface area contributed by atoms with Gasteiger partial charge in [-0.15, -0.1) is 0 Å². The van der Waals surface area contributed by atoms with Crippen molar-refractivity contribution < 1.29 is 19.1 Å². The van der Waals surface area contributed by atoms with E-state index in [-0.39, 0.29) is 41.0 Å². The molecule has 1 aliphatic rings. The zero-order valence-corrected chi connectivity index (χ0v) is 14.5. The molecule has 1 aliphatic heterocycles. The number of aromatic hydroxyl groups is 1. The van der Waals surface area contributed by atoms with E-state index in [4.69, 9.17) is 9.15 Å². The number of Topliss-reactive ketones (excluding diaryl/α,β-unsaturated/α-hetero) is 1. The Hall–Kier alpha value is -3.08. The van der Waals surface area contributed by atoms with Gasteiger partial charge in [0.2, 0.25) is 0 Å². The lowest BCUT2D eigenvalue weighted by molar-refractivity contribution is 0.0867. The van der Waals surface area contributed by atoms with Crippen molar-refractivity contribution in [3.8, 4) is 11.5 Å². The summed E-state index contributed by atoms with van der Waals surface area (Å²) in [5.74, 6) is -0.0876. The van der Waals surface area contributed by atoms with Crippen LogP contribution in [-0.4, -0.2) is 17.0 Å². The van der Waals surface area contributed by atoms with E-state index < -0.39 is 5.63 Å². The molecule has 1 atom stereocenters. The van der Waals surface area contributed by atoms with E-state index in [1.54, 1.807) is 13.8 Å². The molecule has 0 saturated heterocycles. The number of hydrogen-bond acceptors (Lipinski definition) is 5. The number of benzene rings is 2. The van der Waals surface area contributed by atoms with Crippen molar-refractivity contribution in [2.24, 2.45) is 0 Å². The predicted octanol–water partition coefficient (Wildman–Crippen LogP) is 3.75. The van der Waals surface area contributed by atoms with Crippen LogP contribution in [0.3, 0.4) is 0 Å². The van der Waals surface area contributed by atoms with Gasteiger partial charge in [-0.05, 0) is 25.0 Å². The van der Waals surface area contributed by atoms with Gasteiger partial charge in [0.1, 0.15) is 28.7 Å². The molecule has 1 aromatic heterocycles. The molecule has 0 radical (unpaired) electrons. The number of phenols is 1. The maximum absolute atomic E-state index is 12.5. The van der Waals surface area contributed by atoms with Crippen LogP contribution in [0.1, 0.15) is 40.4 Å². The smallest absolute Gasteiger partial charge is 0.340 e. The third kappa shape index (κ3) is 2.56. The van der Waals surface area contributed by atoms with Crippen molar-refractivity contribution in [1.82, 2.24) is 0 Å². The summed E-state index contributed by atoms with van der Waals surface area (Å²) in [6.07, 6.45) is 0.318. The van der Waals surface area contributed by atoms with Crippen LogP contribution in [0.2, 0.25) is 0 Å². The van der Waals surface area contributed by atoms with Gasteiger partial charge in [0.25, 0.3) is 0 Å². The van der Waals surface area contributed by atoms with Gasteiger partial charge in [0.05, 0.1) is 5.39 Å². The van der Waals surface area contributed by atoms with E-state index in [1.807, 2.05) is 30.3 Å². The molecule has 0 saturated carbocycles. The highest BCUT2D eigenvalue weighted by molar-refractivity contribution is 6.08. The van der Waals surface area contributed by atoms with Gasteiger partial charge in [0, 0.05) is 24.5 Å². The van der Waals surface area contributed by atoms with Crippen LogP contribution >= 0.6 is 0 Å². The largest absolute Gasteiger partial charge is 0.506 e. The van der Waals surface area contributed by atoms with E-state index >= 15 is 0 Å². The quantitative estimate of drug-likeness (QED) is 0.712. The van der Waals surface area contributed by atoms with Crippen molar-refractivity contribution in [3.63, 3.8) is 0 Å². The molecule has 3 aromatic rings. The molecule has 1 N–H and O–H groups in total. The number of fused-ring (bicyclic) bond motifs is 2. The molecule has 5 nitrogen and oxygen atoms in total. The van der Waals surface area contributed by atoms with Crippen molar-refractivity contribution in [3.05, 3.63) is 69.1 Å². The van der Waals surface area contributed by atoms with Gasteiger partial charge >= 0.3 is 5.63 Å². The van der Waals surface area contributed by atoms with E-state index in [0.717, 1.165) is 5.56 Å². The number of hydrogen-bond donors (Lipinski definition) is 1. The van der Waals surface area contributed by atoms with E-state index in [9.17, 15) is 14.7 Å². The number of rotatable bonds is 2. The Morgan fingerprint density at radius 2 is 1.92 bits per heavy atom. The number of ketones is 1. The molecular weight excluding hydrogens is 332 g/mol. The first-order valence-corrected chi connectivity index (χ1v) is 8.51. The van der Waals surface area contributed by atoms with Gasteiger partial charge < -0.3 is 14.3 Å². The molecule has 0 fully saturated rings. The number of phenolic OH excluding ortho intramolecular Hbond substituents is 1. The summed E-state index contributed by atoms with van der Waals surface area (Å²) < 4.78 is 11.1. The molecule has 2 aromatic carbocycles. The zero-order chi connectivity index (χ0) is 18.4. The van der Waals surface area contributed by atoms with Crippen molar-refractivity contribution >= 4 is 16.8 Å². The molecule has 132 valence electrons. The summed E-state index contributed by atoms with van der Waals surface area (Å²) >= 11 is 0. The van der Waals surface area contributed by atoms with Crippen LogP contribution in [0.25, 0.3) is 11.0 Å². The second-order valence-corrected chi connectivity index (χ2v) is 6.68. The first-order chi connectivity index (χ1) is 12.5. The SMILES string of the molecule is Cc1c(Cc2ccccc2)c(=O)oc2cc3c(c(O)c12)C(=O)CC(C)O3. The average molecular weight is 350 g/mol. The lowest BCUT2D eigenvalue weighted by Crippen LogP contribution is -2.24. The molecule has 2 heterocycles. The molecule has 0 aliphatic carbocycles. The van der Waals surface area contributed by atoms with Crippen LogP contribution in [0, 0.1) is 6.92 Å². The average Bonchev–Trinajstić information content (AvgIpc) is 2.58. The molecule has 26 heavy (non-hydrogen) atoms. The third-order valence-electron chi connectivity index (χ3n) is 4.81. The summed E-state index contributed by atoms with van der Waals surface area (Å²) in [7, 11) is 0. The Bertz CT molecular complexity index is 1080. The second kappa shape index (κ2) is 6.02. The van der Waals surface area contributed by atoms with Crippen molar-refractivity contribution in [2.45, 2.75) is 32.8 Å². The Morgan fingerprint density at radius 1 is 1.19 bits per heavy atom. The molecule has 0 bridgehead atoms. The number of aryl methyl sites for hydroxylation is 1. The van der Waals surface area contributed by atoms with Gasteiger partial charge in [-0.3, -0.25) is 4.79 Å². The Kier molecular flexibility index (Phi) is 3.80. The number of carbonyl (C=O) groups is 1. The highest BCUT2D eigenvalue weighted by Crippen LogP contribution is 2.41. The molecule has 0 amide bonds. The molecule has 5 heteroatoms. The molecular formula is C21H18O5.